The van der Waals surface area contributed by atoms with E-state index in [0.717, 1.165) is 11.1 Å². The van der Waals surface area contributed by atoms with Crippen molar-refractivity contribution in [1.82, 2.24) is 9.79 Å². The van der Waals surface area contributed by atoms with E-state index in [1.165, 1.54) is 5.56 Å². The van der Waals surface area contributed by atoms with Crippen molar-refractivity contribution in [2.24, 2.45) is 0 Å². The van der Waals surface area contributed by atoms with Gasteiger partial charge < -0.3 is 0 Å². The minimum atomic E-state index is -3.50. The second-order valence-electron chi connectivity index (χ2n) is 7.32. The fraction of sp³-hybridized carbons (Fsp3) is 0.429. The molecule has 1 aliphatic heterocycles. The van der Waals surface area contributed by atoms with Gasteiger partial charge in [-0.3, -0.25) is 4.84 Å². The first-order valence-electron chi connectivity index (χ1n) is 9.36. The van der Waals surface area contributed by atoms with Crippen molar-refractivity contribution in [3.05, 3.63) is 71.3 Å². The normalized spacial score (nSPS) is 21.0. The summed E-state index contributed by atoms with van der Waals surface area (Å²) in [6.07, 6.45) is 0.664. The molecule has 146 valence electrons. The lowest BCUT2D eigenvalue weighted by Gasteiger charge is -2.23. The van der Waals surface area contributed by atoms with Crippen LogP contribution in [0.25, 0.3) is 0 Å². The van der Waals surface area contributed by atoms with E-state index >= 15 is 0 Å². The van der Waals surface area contributed by atoms with Crippen LogP contribution < -0.4 is 4.72 Å². The molecule has 0 bridgehead atoms. The molecule has 1 heterocycles. The average molecular weight is 389 g/mol. The van der Waals surface area contributed by atoms with Crippen molar-refractivity contribution in [3.8, 4) is 0 Å². The van der Waals surface area contributed by atoms with Gasteiger partial charge in [-0.05, 0) is 29.0 Å². The molecule has 0 spiro atoms. The second-order valence-corrected chi connectivity index (χ2v) is 9.31. The summed E-state index contributed by atoms with van der Waals surface area (Å²) in [5.41, 5.74) is 3.30. The molecule has 2 atom stereocenters. The van der Waals surface area contributed by atoms with Gasteiger partial charge in [-0.2, -0.15) is 5.06 Å². The third-order valence-electron chi connectivity index (χ3n) is 5.09. The predicted molar refractivity (Wildman–Crippen MR) is 108 cm³/mol. The molecule has 1 aliphatic rings. The average Bonchev–Trinajstić information content (AvgIpc) is 3.05. The Morgan fingerprint density at radius 2 is 1.78 bits per heavy atom. The largest absolute Gasteiger partial charge is 0.297 e. The summed E-state index contributed by atoms with van der Waals surface area (Å²) in [4.78, 5) is 5.58. The minimum Gasteiger partial charge on any atom is -0.297 e. The van der Waals surface area contributed by atoms with Crippen molar-refractivity contribution in [2.45, 2.75) is 37.5 Å². The van der Waals surface area contributed by atoms with E-state index in [0.29, 0.717) is 18.9 Å². The van der Waals surface area contributed by atoms with Crippen molar-refractivity contribution < 1.29 is 13.3 Å². The van der Waals surface area contributed by atoms with Crippen LogP contribution in [0, 0.1) is 0 Å². The summed E-state index contributed by atoms with van der Waals surface area (Å²) >= 11 is 0. The third kappa shape index (κ3) is 4.76. The number of sulfonamides is 1. The van der Waals surface area contributed by atoms with Gasteiger partial charge in [0, 0.05) is 13.6 Å². The first kappa shape index (κ1) is 20.0. The smallest absolute Gasteiger partial charge is 0.218 e. The van der Waals surface area contributed by atoms with Gasteiger partial charge in [-0.25, -0.2) is 13.1 Å². The van der Waals surface area contributed by atoms with Crippen LogP contribution in [0.2, 0.25) is 0 Å². The molecule has 1 N–H and O–H groups in total. The SMILES string of the molecule is CC(C)c1ccc([C@H]2[C@H](S(=O)(=O)NCCc3ccccc3)CON2C)cc1. The Kier molecular flexibility index (Phi) is 6.32. The first-order chi connectivity index (χ1) is 12.9. The Hall–Kier alpha value is -1.73. The Balaban J connectivity index is 1.71. The summed E-state index contributed by atoms with van der Waals surface area (Å²) in [7, 11) is -1.71. The summed E-state index contributed by atoms with van der Waals surface area (Å²) in [6.45, 7) is 4.83. The first-order valence-corrected chi connectivity index (χ1v) is 10.9. The molecule has 6 heteroatoms. The van der Waals surface area contributed by atoms with Crippen molar-refractivity contribution in [1.29, 1.82) is 0 Å². The lowest BCUT2D eigenvalue weighted by molar-refractivity contribution is -0.110. The number of benzene rings is 2. The molecule has 0 amide bonds. The zero-order chi connectivity index (χ0) is 19.4. The van der Waals surface area contributed by atoms with Crippen LogP contribution in [-0.4, -0.2) is 38.9 Å². The molecule has 3 rings (SSSR count). The zero-order valence-electron chi connectivity index (χ0n) is 16.1. The molecule has 27 heavy (non-hydrogen) atoms. The van der Waals surface area contributed by atoms with Crippen LogP contribution in [0.15, 0.2) is 54.6 Å². The molecular weight excluding hydrogens is 360 g/mol. The summed E-state index contributed by atoms with van der Waals surface area (Å²) in [6, 6.07) is 17.7. The summed E-state index contributed by atoms with van der Waals surface area (Å²) in [5, 5.41) is 1.02. The molecule has 0 aliphatic carbocycles. The van der Waals surface area contributed by atoms with E-state index < -0.39 is 15.3 Å². The number of hydrogen-bond acceptors (Lipinski definition) is 4. The molecule has 2 aromatic rings. The molecule has 5 nitrogen and oxygen atoms in total. The van der Waals surface area contributed by atoms with Crippen molar-refractivity contribution in [2.75, 3.05) is 20.2 Å². The standard InChI is InChI=1S/C21H28N2O3S/c1-16(2)18-9-11-19(12-10-18)21-20(15-26-23(21)3)27(24,25)22-14-13-17-7-5-4-6-8-17/h4-12,16,20-22H,13-15H2,1-3H3/t20-,21+/m1/s1. The maximum atomic E-state index is 12.9. The second kappa shape index (κ2) is 8.52. The fourth-order valence-electron chi connectivity index (χ4n) is 3.45. The molecule has 1 fully saturated rings. The van der Waals surface area contributed by atoms with Gasteiger partial charge in [0.25, 0.3) is 0 Å². The van der Waals surface area contributed by atoms with Gasteiger partial charge in [0.1, 0.15) is 5.25 Å². The molecule has 1 saturated heterocycles. The summed E-state index contributed by atoms with van der Waals surface area (Å²) < 4.78 is 28.6. The van der Waals surface area contributed by atoms with Crippen LogP contribution in [0.3, 0.4) is 0 Å². The van der Waals surface area contributed by atoms with Crippen molar-refractivity contribution in [3.63, 3.8) is 0 Å². The maximum absolute atomic E-state index is 12.9. The fourth-order valence-corrected chi connectivity index (χ4v) is 4.96. The number of hydroxylamine groups is 2. The molecule has 0 unspecified atom stereocenters. The molecule has 0 radical (unpaired) electrons. The van der Waals surface area contributed by atoms with E-state index in [1.54, 1.807) is 12.1 Å². The van der Waals surface area contributed by atoms with Gasteiger partial charge in [0.2, 0.25) is 10.0 Å². The number of rotatable bonds is 7. The lowest BCUT2D eigenvalue weighted by atomic mass is 9.98. The van der Waals surface area contributed by atoms with E-state index in [2.05, 4.69) is 30.7 Å². The van der Waals surface area contributed by atoms with Gasteiger partial charge in [-0.1, -0.05) is 68.4 Å². The zero-order valence-corrected chi connectivity index (χ0v) is 16.9. The topological polar surface area (TPSA) is 58.6 Å². The number of hydrogen-bond donors (Lipinski definition) is 1. The Labute approximate surface area is 162 Å². The predicted octanol–water partition coefficient (Wildman–Crippen LogP) is 3.26. The van der Waals surface area contributed by atoms with Gasteiger partial charge in [-0.15, -0.1) is 0 Å². The van der Waals surface area contributed by atoms with Gasteiger partial charge >= 0.3 is 0 Å². The summed E-state index contributed by atoms with van der Waals surface area (Å²) in [5.74, 6) is 0.441. The van der Waals surface area contributed by atoms with Crippen molar-refractivity contribution >= 4 is 10.0 Å². The molecule has 0 aromatic heterocycles. The van der Waals surface area contributed by atoms with E-state index in [9.17, 15) is 8.42 Å². The Morgan fingerprint density at radius 1 is 1.11 bits per heavy atom. The number of nitrogens with zero attached hydrogens (tertiary/aromatic N) is 1. The Bertz CT molecular complexity index is 835. The highest BCUT2D eigenvalue weighted by molar-refractivity contribution is 7.90. The molecular formula is C21H28N2O3S. The van der Waals surface area contributed by atoms with Crippen LogP contribution in [0.1, 0.15) is 42.5 Å². The van der Waals surface area contributed by atoms with Gasteiger partial charge in [0.15, 0.2) is 0 Å². The van der Waals surface area contributed by atoms with Gasteiger partial charge in [0.05, 0.1) is 12.6 Å². The van der Waals surface area contributed by atoms with Crippen LogP contribution in [0.4, 0.5) is 0 Å². The molecule has 2 aromatic carbocycles. The maximum Gasteiger partial charge on any atom is 0.218 e. The van der Waals surface area contributed by atoms with Crippen LogP contribution in [0.5, 0.6) is 0 Å². The lowest BCUT2D eigenvalue weighted by Crippen LogP contribution is -2.40. The quantitative estimate of drug-likeness (QED) is 0.791. The molecule has 0 saturated carbocycles. The van der Waals surface area contributed by atoms with E-state index in [-0.39, 0.29) is 12.6 Å². The van der Waals surface area contributed by atoms with E-state index in [1.807, 2.05) is 42.5 Å². The van der Waals surface area contributed by atoms with Crippen LogP contribution >= 0.6 is 0 Å². The third-order valence-corrected chi connectivity index (χ3v) is 6.89. The highest BCUT2D eigenvalue weighted by atomic mass is 32.2. The highest BCUT2D eigenvalue weighted by Gasteiger charge is 2.42. The highest BCUT2D eigenvalue weighted by Crippen LogP contribution is 2.33. The Morgan fingerprint density at radius 3 is 2.41 bits per heavy atom. The minimum absolute atomic E-state index is 0.160. The number of nitrogens with one attached hydrogen (secondary N) is 1. The van der Waals surface area contributed by atoms with E-state index in [4.69, 9.17) is 4.84 Å². The monoisotopic (exact) mass is 388 g/mol. The van der Waals surface area contributed by atoms with Crippen LogP contribution in [-0.2, 0) is 21.3 Å².